The lowest BCUT2D eigenvalue weighted by Gasteiger charge is -1.99. The van der Waals surface area contributed by atoms with Crippen LogP contribution in [0.5, 0.6) is 0 Å². The molecule has 4 rings (SSSR count). The zero-order valence-electron chi connectivity index (χ0n) is 10.6. The molecule has 0 spiro atoms. The van der Waals surface area contributed by atoms with Crippen LogP contribution in [0.3, 0.4) is 0 Å². The summed E-state index contributed by atoms with van der Waals surface area (Å²) in [5.74, 6) is 0. The second-order valence-corrected chi connectivity index (χ2v) is 4.77. The number of hydrogen-bond donors (Lipinski definition) is 0. The second-order valence-electron chi connectivity index (χ2n) is 4.77. The van der Waals surface area contributed by atoms with Crippen molar-refractivity contribution in [3.8, 4) is 0 Å². The van der Waals surface area contributed by atoms with Crippen LogP contribution in [0, 0.1) is 0 Å². The topological polar surface area (TPSA) is 25.4 Å². The Labute approximate surface area is 109 Å². The van der Waals surface area contributed by atoms with Crippen LogP contribution in [0.4, 0.5) is 0 Å². The molecule has 3 heterocycles. The van der Waals surface area contributed by atoms with Crippen LogP contribution < -0.4 is 10.1 Å². The predicted molar refractivity (Wildman–Crippen MR) is 75.7 cm³/mol. The van der Waals surface area contributed by atoms with E-state index < -0.39 is 0 Å². The monoisotopic (exact) mass is 249 g/mol. The Kier molecular flexibility index (Phi) is 1.96. The van der Waals surface area contributed by atoms with E-state index in [1.807, 2.05) is 28.7 Å². The molecule has 3 nitrogen and oxygen atoms in total. The number of nitrogens with zero attached hydrogens (tertiary/aromatic N) is 2. The van der Waals surface area contributed by atoms with Crippen molar-refractivity contribution < 1.29 is 4.57 Å². The maximum Gasteiger partial charge on any atom is 0.256 e. The molecule has 1 aromatic carbocycles. The van der Waals surface area contributed by atoms with Crippen molar-refractivity contribution in [1.29, 1.82) is 0 Å². The second kappa shape index (κ2) is 3.54. The van der Waals surface area contributed by atoms with Gasteiger partial charge in [0.15, 0.2) is 6.20 Å². The zero-order chi connectivity index (χ0) is 13.0. The molecule has 19 heavy (non-hydrogen) atoms. The molecule has 3 aromatic heterocycles. The first kappa shape index (κ1) is 10.5. The Morgan fingerprint density at radius 2 is 1.89 bits per heavy atom. The molecule has 0 aliphatic heterocycles. The minimum Gasteiger partial charge on any atom is -0.270 e. The molecular formula is C16H13N2O+. The van der Waals surface area contributed by atoms with Crippen molar-refractivity contribution in [2.75, 3.05) is 0 Å². The first-order valence-corrected chi connectivity index (χ1v) is 6.49. The summed E-state index contributed by atoms with van der Waals surface area (Å²) in [6, 6.07) is 13.8. The molecule has 0 bridgehead atoms. The van der Waals surface area contributed by atoms with Crippen LogP contribution in [0.2, 0.25) is 0 Å². The molecule has 0 fully saturated rings. The number of rotatable bonds is 1. The average Bonchev–Trinajstić information content (AvgIpc) is 2.79. The van der Waals surface area contributed by atoms with Gasteiger partial charge in [-0.15, -0.1) is 0 Å². The summed E-state index contributed by atoms with van der Waals surface area (Å²) in [7, 11) is 0. The van der Waals surface area contributed by atoms with Crippen LogP contribution in [0.25, 0.3) is 27.3 Å². The number of benzene rings is 1. The van der Waals surface area contributed by atoms with Crippen molar-refractivity contribution >= 4 is 27.3 Å². The van der Waals surface area contributed by atoms with E-state index in [-0.39, 0.29) is 5.56 Å². The predicted octanol–water partition coefficient (Wildman–Crippen LogP) is 2.35. The molecule has 0 radical (unpaired) electrons. The summed E-state index contributed by atoms with van der Waals surface area (Å²) >= 11 is 0. The van der Waals surface area contributed by atoms with E-state index in [0.717, 1.165) is 33.9 Å². The normalized spacial score (nSPS) is 11.8. The zero-order valence-corrected chi connectivity index (χ0v) is 10.6. The molecular weight excluding hydrogens is 236 g/mol. The van der Waals surface area contributed by atoms with Gasteiger partial charge in [-0.1, -0.05) is 18.2 Å². The standard InChI is InChI=1S/C16H13N2O/c1-2-17-10-9-12-11-5-3-4-6-13(11)18-15(19)8-7-14(17)16(12)18/h3-10H,2H2,1H3/q+1. The van der Waals surface area contributed by atoms with Gasteiger partial charge < -0.3 is 0 Å². The van der Waals surface area contributed by atoms with E-state index in [1.54, 1.807) is 6.07 Å². The lowest BCUT2D eigenvalue weighted by Crippen LogP contribution is -2.33. The number of pyridine rings is 2. The summed E-state index contributed by atoms with van der Waals surface area (Å²) < 4.78 is 3.99. The van der Waals surface area contributed by atoms with Gasteiger partial charge in [0.1, 0.15) is 12.1 Å². The number of aromatic nitrogens is 2. The number of fused-ring (bicyclic) bond motifs is 3. The fraction of sp³-hybridized carbons (Fsp3) is 0.125. The number of hydrogen-bond acceptors (Lipinski definition) is 1. The van der Waals surface area contributed by atoms with Crippen molar-refractivity contribution in [2.24, 2.45) is 0 Å². The van der Waals surface area contributed by atoms with Crippen LogP contribution in [0.15, 0.2) is 53.5 Å². The SMILES string of the molecule is CC[n+]1ccc2c3ccccc3n3c(=O)ccc1c23. The van der Waals surface area contributed by atoms with E-state index in [1.165, 1.54) is 0 Å². The molecule has 0 atom stereocenters. The Morgan fingerprint density at radius 3 is 2.74 bits per heavy atom. The summed E-state index contributed by atoms with van der Waals surface area (Å²) in [4.78, 5) is 12.2. The molecule has 0 saturated carbocycles. The fourth-order valence-electron chi connectivity index (χ4n) is 2.97. The van der Waals surface area contributed by atoms with E-state index in [9.17, 15) is 4.79 Å². The van der Waals surface area contributed by atoms with Gasteiger partial charge in [-0.2, -0.15) is 4.57 Å². The van der Waals surface area contributed by atoms with Crippen LogP contribution >= 0.6 is 0 Å². The van der Waals surface area contributed by atoms with Gasteiger partial charge in [0.25, 0.3) is 5.56 Å². The highest BCUT2D eigenvalue weighted by molar-refractivity contribution is 6.11. The van der Waals surface area contributed by atoms with Gasteiger partial charge in [0.05, 0.1) is 5.52 Å². The van der Waals surface area contributed by atoms with E-state index in [2.05, 4.69) is 29.8 Å². The third kappa shape index (κ3) is 1.22. The maximum absolute atomic E-state index is 12.2. The third-order valence-corrected chi connectivity index (χ3v) is 3.83. The summed E-state index contributed by atoms with van der Waals surface area (Å²) in [6.45, 7) is 3.00. The molecule has 0 aliphatic rings. The summed E-state index contributed by atoms with van der Waals surface area (Å²) in [5.41, 5.74) is 3.16. The van der Waals surface area contributed by atoms with Crippen LogP contribution in [-0.2, 0) is 6.54 Å². The highest BCUT2D eigenvalue weighted by Crippen LogP contribution is 2.28. The minimum absolute atomic E-state index is 0.0348. The van der Waals surface area contributed by atoms with E-state index in [0.29, 0.717) is 0 Å². The third-order valence-electron chi connectivity index (χ3n) is 3.83. The highest BCUT2D eigenvalue weighted by Gasteiger charge is 2.18. The molecule has 3 heteroatoms. The van der Waals surface area contributed by atoms with E-state index >= 15 is 0 Å². The summed E-state index contributed by atoms with van der Waals surface area (Å²) in [5, 5.41) is 2.28. The van der Waals surface area contributed by atoms with Crippen molar-refractivity contribution in [2.45, 2.75) is 13.5 Å². The van der Waals surface area contributed by atoms with Gasteiger partial charge >= 0.3 is 0 Å². The molecule has 0 aliphatic carbocycles. The number of aryl methyl sites for hydroxylation is 1. The van der Waals surface area contributed by atoms with E-state index in [4.69, 9.17) is 0 Å². The van der Waals surface area contributed by atoms with Crippen molar-refractivity contribution in [3.63, 3.8) is 0 Å². The Morgan fingerprint density at radius 1 is 1.05 bits per heavy atom. The minimum atomic E-state index is 0.0348. The molecule has 0 unspecified atom stereocenters. The Bertz CT molecular complexity index is 969. The average molecular weight is 249 g/mol. The molecule has 92 valence electrons. The molecule has 0 amide bonds. The van der Waals surface area contributed by atoms with Crippen LogP contribution in [0.1, 0.15) is 6.92 Å². The molecule has 0 N–H and O–H groups in total. The molecule has 4 aromatic rings. The van der Waals surface area contributed by atoms with Gasteiger partial charge in [-0.25, -0.2) is 0 Å². The molecule has 0 saturated heterocycles. The smallest absolute Gasteiger partial charge is 0.256 e. The first-order chi connectivity index (χ1) is 9.31. The fourth-order valence-corrected chi connectivity index (χ4v) is 2.97. The highest BCUT2D eigenvalue weighted by atomic mass is 16.1. The van der Waals surface area contributed by atoms with Gasteiger partial charge in [0, 0.05) is 29.0 Å². The number of para-hydroxylation sites is 1. The largest absolute Gasteiger partial charge is 0.270 e. The lowest BCUT2D eigenvalue weighted by molar-refractivity contribution is -0.667. The summed E-state index contributed by atoms with van der Waals surface area (Å²) in [6.07, 6.45) is 2.09. The van der Waals surface area contributed by atoms with Gasteiger partial charge in [-0.05, 0) is 13.0 Å². The Balaban J connectivity index is 2.46. The quantitative estimate of drug-likeness (QED) is 0.475. The maximum atomic E-state index is 12.2. The van der Waals surface area contributed by atoms with Gasteiger partial charge in [-0.3, -0.25) is 9.20 Å². The lowest BCUT2D eigenvalue weighted by atomic mass is 10.2. The van der Waals surface area contributed by atoms with Gasteiger partial charge in [0.2, 0.25) is 5.52 Å². The van der Waals surface area contributed by atoms with Crippen molar-refractivity contribution in [3.05, 3.63) is 59.0 Å². The van der Waals surface area contributed by atoms with Crippen molar-refractivity contribution in [1.82, 2.24) is 4.40 Å². The first-order valence-electron chi connectivity index (χ1n) is 6.49. The van der Waals surface area contributed by atoms with Crippen LogP contribution in [-0.4, -0.2) is 4.40 Å². The Hall–Kier alpha value is -2.42.